The first kappa shape index (κ1) is 13.9. The highest BCUT2D eigenvalue weighted by molar-refractivity contribution is 7.71. The Bertz CT molecular complexity index is 835. The molecule has 0 radical (unpaired) electrons. The molecule has 1 aliphatic heterocycles. The molecule has 0 unspecified atom stereocenters. The fourth-order valence-electron chi connectivity index (χ4n) is 2.78. The van der Waals surface area contributed by atoms with Crippen LogP contribution in [0.2, 0.25) is 0 Å². The van der Waals surface area contributed by atoms with E-state index in [1.54, 1.807) is 11.3 Å². The van der Waals surface area contributed by atoms with Crippen LogP contribution in [0.4, 0.5) is 0 Å². The number of hydrogen-bond donors (Lipinski definition) is 1. The van der Waals surface area contributed by atoms with Crippen molar-refractivity contribution in [2.75, 3.05) is 6.54 Å². The smallest absolute Gasteiger partial charge is 0.196 e. The van der Waals surface area contributed by atoms with E-state index in [9.17, 15) is 0 Å². The van der Waals surface area contributed by atoms with Crippen molar-refractivity contribution in [3.8, 4) is 11.3 Å². The summed E-state index contributed by atoms with van der Waals surface area (Å²) in [7, 11) is 0. The van der Waals surface area contributed by atoms with E-state index >= 15 is 0 Å². The number of hydrogen-bond acceptors (Lipinski definition) is 5. The van der Waals surface area contributed by atoms with Crippen LogP contribution in [0.5, 0.6) is 0 Å². The van der Waals surface area contributed by atoms with Crippen molar-refractivity contribution in [1.29, 1.82) is 0 Å². The molecule has 0 aromatic carbocycles. The lowest BCUT2D eigenvalue weighted by atomic mass is 10.1. The number of rotatable bonds is 3. The number of H-pyrrole nitrogens is 1. The summed E-state index contributed by atoms with van der Waals surface area (Å²) in [6, 6.07) is 6.20. The van der Waals surface area contributed by atoms with Crippen LogP contribution in [0.1, 0.15) is 17.0 Å². The number of nitrogens with one attached hydrogen (secondary N) is 1. The van der Waals surface area contributed by atoms with Crippen LogP contribution in [-0.2, 0) is 19.5 Å². The molecule has 3 aromatic rings. The Morgan fingerprint density at radius 1 is 1.36 bits per heavy atom. The Labute approximate surface area is 137 Å². The lowest BCUT2D eigenvalue weighted by Gasteiger charge is -2.27. The van der Waals surface area contributed by atoms with Gasteiger partial charge < -0.3 is 9.40 Å². The molecule has 0 spiro atoms. The summed E-state index contributed by atoms with van der Waals surface area (Å²) in [5, 5.41) is 4.17. The highest BCUT2D eigenvalue weighted by Gasteiger charge is 2.18. The number of aromatic amines is 1. The normalized spacial score (nSPS) is 14.9. The fraction of sp³-hybridized carbons (Fsp3) is 0.250. The fourth-order valence-corrected chi connectivity index (χ4v) is 3.60. The van der Waals surface area contributed by atoms with E-state index in [1.165, 1.54) is 11.3 Å². The summed E-state index contributed by atoms with van der Waals surface area (Å²) in [6.45, 7) is 2.69. The van der Waals surface area contributed by atoms with Gasteiger partial charge in [-0.15, -0.1) is 0 Å². The van der Waals surface area contributed by atoms with Crippen molar-refractivity contribution < 1.29 is 4.42 Å². The zero-order chi connectivity index (χ0) is 14.9. The van der Waals surface area contributed by atoms with Crippen molar-refractivity contribution in [3.63, 3.8) is 0 Å². The van der Waals surface area contributed by atoms with Crippen LogP contribution < -0.4 is 0 Å². The monoisotopic (exact) mass is 329 g/mol. The molecule has 112 valence electrons. The predicted molar refractivity (Wildman–Crippen MR) is 89.3 cm³/mol. The SMILES string of the molecule is S=c1ncc2c([nH]1)CCN(Cc1ccc(-c3ccsc3)o1)C2. The molecular formula is C16H15N3OS2. The Morgan fingerprint density at radius 3 is 3.18 bits per heavy atom. The van der Waals surface area contributed by atoms with Crippen LogP contribution in [0.25, 0.3) is 11.3 Å². The van der Waals surface area contributed by atoms with Gasteiger partial charge in [0.2, 0.25) is 0 Å². The van der Waals surface area contributed by atoms with Gasteiger partial charge in [-0.1, -0.05) is 0 Å². The summed E-state index contributed by atoms with van der Waals surface area (Å²) in [6.07, 6.45) is 2.86. The maximum atomic E-state index is 5.96. The van der Waals surface area contributed by atoms with Gasteiger partial charge in [0, 0.05) is 47.9 Å². The molecule has 1 N–H and O–H groups in total. The summed E-state index contributed by atoms with van der Waals surface area (Å²) in [5.41, 5.74) is 3.59. The van der Waals surface area contributed by atoms with Crippen LogP contribution in [-0.4, -0.2) is 21.4 Å². The molecule has 4 heterocycles. The van der Waals surface area contributed by atoms with Crippen LogP contribution in [0, 0.1) is 4.77 Å². The minimum absolute atomic E-state index is 0.568. The third kappa shape index (κ3) is 2.77. The molecule has 4 rings (SSSR count). The van der Waals surface area contributed by atoms with E-state index in [0.717, 1.165) is 43.1 Å². The van der Waals surface area contributed by atoms with Gasteiger partial charge in [0.1, 0.15) is 11.5 Å². The van der Waals surface area contributed by atoms with Gasteiger partial charge in [0.05, 0.1) is 6.54 Å². The van der Waals surface area contributed by atoms with Crippen LogP contribution in [0.15, 0.2) is 39.6 Å². The second-order valence-electron chi connectivity index (χ2n) is 5.43. The quantitative estimate of drug-likeness (QED) is 0.737. The zero-order valence-electron chi connectivity index (χ0n) is 11.9. The third-order valence-electron chi connectivity index (χ3n) is 3.90. The molecular weight excluding hydrogens is 314 g/mol. The Hall–Kier alpha value is -1.76. The second kappa shape index (κ2) is 5.79. The second-order valence-corrected chi connectivity index (χ2v) is 6.60. The number of nitrogens with zero attached hydrogens (tertiary/aromatic N) is 2. The lowest BCUT2D eigenvalue weighted by molar-refractivity contribution is 0.224. The molecule has 3 aromatic heterocycles. The number of thiophene rings is 1. The highest BCUT2D eigenvalue weighted by Crippen LogP contribution is 2.26. The maximum Gasteiger partial charge on any atom is 0.196 e. The van der Waals surface area contributed by atoms with Gasteiger partial charge in [-0.3, -0.25) is 4.90 Å². The summed E-state index contributed by atoms with van der Waals surface area (Å²) >= 11 is 6.76. The number of fused-ring (bicyclic) bond motifs is 1. The predicted octanol–water partition coefficient (Wildman–Crippen LogP) is 4.02. The molecule has 22 heavy (non-hydrogen) atoms. The first-order chi connectivity index (χ1) is 10.8. The highest BCUT2D eigenvalue weighted by atomic mass is 32.1. The minimum Gasteiger partial charge on any atom is -0.460 e. The third-order valence-corrected chi connectivity index (χ3v) is 4.79. The lowest BCUT2D eigenvalue weighted by Crippen LogP contribution is -2.30. The number of furan rings is 1. The van der Waals surface area contributed by atoms with E-state index in [1.807, 2.05) is 12.3 Å². The standard InChI is InChI=1S/C16H15N3OS2/c21-16-17-7-12-8-19(5-3-14(12)18-16)9-13-1-2-15(20-13)11-4-6-22-10-11/h1-2,4,6-7,10H,3,5,8-9H2,(H,17,18,21). The van der Waals surface area contributed by atoms with Crippen molar-refractivity contribution in [1.82, 2.24) is 14.9 Å². The molecule has 0 saturated heterocycles. The molecule has 0 fully saturated rings. The first-order valence-corrected chi connectivity index (χ1v) is 8.54. The van der Waals surface area contributed by atoms with Crippen molar-refractivity contribution in [2.24, 2.45) is 0 Å². The van der Waals surface area contributed by atoms with Crippen molar-refractivity contribution >= 4 is 23.6 Å². The van der Waals surface area contributed by atoms with Crippen molar-refractivity contribution in [3.05, 3.63) is 56.9 Å². The molecule has 0 atom stereocenters. The first-order valence-electron chi connectivity index (χ1n) is 7.18. The molecule has 0 aliphatic carbocycles. The van der Waals surface area contributed by atoms with Crippen LogP contribution in [0.3, 0.4) is 0 Å². The zero-order valence-corrected chi connectivity index (χ0v) is 13.5. The van der Waals surface area contributed by atoms with Gasteiger partial charge in [-0.2, -0.15) is 11.3 Å². The number of aromatic nitrogens is 2. The molecule has 6 heteroatoms. The van der Waals surface area contributed by atoms with Gasteiger partial charge >= 0.3 is 0 Å². The molecule has 0 bridgehead atoms. The van der Waals surface area contributed by atoms with Gasteiger partial charge in [0.15, 0.2) is 4.77 Å². The molecule has 0 amide bonds. The maximum absolute atomic E-state index is 5.96. The van der Waals surface area contributed by atoms with Gasteiger partial charge in [-0.05, 0) is 35.8 Å². The van der Waals surface area contributed by atoms with Gasteiger partial charge in [0.25, 0.3) is 0 Å². The van der Waals surface area contributed by atoms with E-state index < -0.39 is 0 Å². The Morgan fingerprint density at radius 2 is 2.32 bits per heavy atom. The van der Waals surface area contributed by atoms with Gasteiger partial charge in [-0.25, -0.2) is 4.98 Å². The average molecular weight is 329 g/mol. The average Bonchev–Trinajstić information content (AvgIpc) is 3.18. The van der Waals surface area contributed by atoms with E-state index in [4.69, 9.17) is 16.6 Å². The topological polar surface area (TPSA) is 45.1 Å². The molecule has 0 saturated carbocycles. The van der Waals surface area contributed by atoms with E-state index in [-0.39, 0.29) is 0 Å². The van der Waals surface area contributed by atoms with Crippen LogP contribution >= 0.6 is 23.6 Å². The largest absolute Gasteiger partial charge is 0.460 e. The Balaban J connectivity index is 1.48. The van der Waals surface area contributed by atoms with E-state index in [2.05, 4.69) is 37.8 Å². The summed E-state index contributed by atoms with van der Waals surface area (Å²) in [5.74, 6) is 1.95. The molecule has 4 nitrogen and oxygen atoms in total. The van der Waals surface area contributed by atoms with E-state index in [0.29, 0.717) is 4.77 Å². The summed E-state index contributed by atoms with van der Waals surface area (Å²) < 4.78 is 6.53. The summed E-state index contributed by atoms with van der Waals surface area (Å²) in [4.78, 5) is 9.74. The molecule has 1 aliphatic rings. The minimum atomic E-state index is 0.568. The van der Waals surface area contributed by atoms with Crippen molar-refractivity contribution in [2.45, 2.75) is 19.5 Å². The Kier molecular flexibility index (Phi) is 3.65.